The molecule has 5 heteroatoms. The molecule has 0 fully saturated rings. The van der Waals surface area contributed by atoms with Crippen LogP contribution in [0.5, 0.6) is 5.75 Å². The molecule has 2 aromatic carbocycles. The van der Waals surface area contributed by atoms with Gasteiger partial charge in [-0.3, -0.25) is 0 Å². The predicted octanol–water partition coefficient (Wildman–Crippen LogP) is 4.51. The van der Waals surface area contributed by atoms with Gasteiger partial charge in [-0.2, -0.15) is 8.42 Å². The zero-order valence-corrected chi connectivity index (χ0v) is 14.5. The Bertz CT molecular complexity index is 729. The summed E-state index contributed by atoms with van der Waals surface area (Å²) < 4.78 is 30.2. The number of rotatable bonds is 3. The third kappa shape index (κ3) is 3.86. The van der Waals surface area contributed by atoms with Crippen LogP contribution in [0.4, 0.5) is 0 Å². The summed E-state index contributed by atoms with van der Waals surface area (Å²) in [6, 6.07) is 13.7. The number of benzene rings is 2. The molecule has 0 spiro atoms. The van der Waals surface area contributed by atoms with E-state index < -0.39 is 10.1 Å². The third-order valence-electron chi connectivity index (χ3n) is 3.03. The van der Waals surface area contributed by atoms with Crippen LogP contribution < -0.4 is 4.18 Å². The van der Waals surface area contributed by atoms with Crippen molar-refractivity contribution in [2.45, 2.75) is 31.1 Å². The van der Waals surface area contributed by atoms with Crippen LogP contribution in [0.15, 0.2) is 57.9 Å². The average Bonchev–Trinajstić information content (AvgIpc) is 2.38. The van der Waals surface area contributed by atoms with Crippen molar-refractivity contribution < 1.29 is 12.6 Å². The summed E-state index contributed by atoms with van der Waals surface area (Å²) in [5, 5.41) is 0. The molecule has 0 unspecified atom stereocenters. The Morgan fingerprint density at radius 1 is 0.952 bits per heavy atom. The molecule has 112 valence electrons. The fraction of sp³-hybridized carbons (Fsp3) is 0.250. The summed E-state index contributed by atoms with van der Waals surface area (Å²) in [6.45, 7) is 6.29. The fourth-order valence-electron chi connectivity index (χ4n) is 1.83. The first kappa shape index (κ1) is 16.0. The lowest BCUT2D eigenvalue weighted by molar-refractivity contribution is 0.485. The van der Waals surface area contributed by atoms with Crippen molar-refractivity contribution in [1.82, 2.24) is 0 Å². The molecule has 21 heavy (non-hydrogen) atoms. The first-order chi connectivity index (χ1) is 9.70. The predicted molar refractivity (Wildman–Crippen MR) is 87.1 cm³/mol. The maximum Gasteiger partial charge on any atom is 0.340 e. The zero-order valence-electron chi connectivity index (χ0n) is 12.1. The van der Waals surface area contributed by atoms with E-state index in [1.807, 2.05) is 12.1 Å². The van der Waals surface area contributed by atoms with Crippen LogP contribution in [0.25, 0.3) is 0 Å². The number of halogens is 1. The van der Waals surface area contributed by atoms with Gasteiger partial charge in [-0.05, 0) is 51.2 Å². The lowest BCUT2D eigenvalue weighted by atomic mass is 9.87. The van der Waals surface area contributed by atoms with Crippen LogP contribution in [0, 0.1) is 0 Å². The van der Waals surface area contributed by atoms with E-state index in [0.29, 0.717) is 10.2 Å². The van der Waals surface area contributed by atoms with Gasteiger partial charge in [0, 0.05) is 4.47 Å². The third-order valence-corrected chi connectivity index (χ3v) is 5.29. The van der Waals surface area contributed by atoms with Gasteiger partial charge >= 0.3 is 10.1 Å². The lowest BCUT2D eigenvalue weighted by Crippen LogP contribution is -2.12. The van der Waals surface area contributed by atoms with E-state index in [-0.39, 0.29) is 10.3 Å². The highest BCUT2D eigenvalue weighted by Gasteiger charge is 2.20. The molecule has 0 aliphatic rings. The van der Waals surface area contributed by atoms with Crippen LogP contribution in [0.2, 0.25) is 0 Å². The van der Waals surface area contributed by atoms with Crippen molar-refractivity contribution in [2.24, 2.45) is 0 Å². The Hall–Kier alpha value is -1.33. The normalized spacial score (nSPS) is 12.2. The van der Waals surface area contributed by atoms with Crippen molar-refractivity contribution >= 4 is 26.0 Å². The first-order valence-electron chi connectivity index (χ1n) is 6.50. The van der Waals surface area contributed by atoms with Gasteiger partial charge in [-0.1, -0.05) is 45.0 Å². The summed E-state index contributed by atoms with van der Waals surface area (Å²) in [4.78, 5) is 0.116. The molecule has 0 aliphatic carbocycles. The van der Waals surface area contributed by atoms with E-state index in [1.54, 1.807) is 30.3 Å². The topological polar surface area (TPSA) is 43.4 Å². The molecule has 0 aliphatic heterocycles. The van der Waals surface area contributed by atoms with Gasteiger partial charge in [0.05, 0.1) is 0 Å². The average molecular weight is 369 g/mol. The Balaban J connectivity index is 2.28. The molecular weight excluding hydrogens is 352 g/mol. The van der Waals surface area contributed by atoms with Crippen LogP contribution in [0.1, 0.15) is 26.3 Å². The Labute approximate surface area is 134 Å². The van der Waals surface area contributed by atoms with E-state index in [2.05, 4.69) is 36.7 Å². The van der Waals surface area contributed by atoms with Crippen LogP contribution in [-0.2, 0) is 15.5 Å². The van der Waals surface area contributed by atoms with Crippen molar-refractivity contribution in [1.29, 1.82) is 0 Å². The second-order valence-corrected chi connectivity index (χ2v) is 8.11. The maximum atomic E-state index is 12.3. The summed E-state index contributed by atoms with van der Waals surface area (Å²) in [6.07, 6.45) is 0. The highest BCUT2D eigenvalue weighted by atomic mass is 79.9. The SMILES string of the molecule is CC(C)(C)c1ccc(OS(=O)(=O)c2ccccc2Br)cc1. The molecule has 0 aromatic heterocycles. The Morgan fingerprint density at radius 2 is 1.52 bits per heavy atom. The largest absolute Gasteiger partial charge is 0.379 e. The van der Waals surface area contributed by atoms with E-state index in [9.17, 15) is 8.42 Å². The highest BCUT2D eigenvalue weighted by molar-refractivity contribution is 9.10. The summed E-state index contributed by atoms with van der Waals surface area (Å²) >= 11 is 3.22. The van der Waals surface area contributed by atoms with E-state index in [1.165, 1.54) is 6.07 Å². The standard InChI is InChI=1S/C16H17BrO3S/c1-16(2,3)12-8-10-13(11-9-12)20-21(18,19)15-7-5-4-6-14(15)17/h4-11H,1-3H3. The number of hydrogen-bond acceptors (Lipinski definition) is 3. The quantitative estimate of drug-likeness (QED) is 0.748. The molecule has 0 N–H and O–H groups in total. The second-order valence-electron chi connectivity index (χ2n) is 5.74. The lowest BCUT2D eigenvalue weighted by Gasteiger charge is -2.19. The van der Waals surface area contributed by atoms with Gasteiger partial charge in [-0.25, -0.2) is 0 Å². The van der Waals surface area contributed by atoms with Gasteiger partial charge in [0.2, 0.25) is 0 Å². The summed E-state index contributed by atoms with van der Waals surface area (Å²) in [5.41, 5.74) is 1.13. The molecule has 3 nitrogen and oxygen atoms in total. The van der Waals surface area contributed by atoms with Gasteiger partial charge in [0.15, 0.2) is 0 Å². The zero-order chi connectivity index (χ0) is 15.7. The molecule has 0 atom stereocenters. The van der Waals surface area contributed by atoms with Gasteiger partial charge < -0.3 is 4.18 Å². The Morgan fingerprint density at radius 3 is 2.05 bits per heavy atom. The van der Waals surface area contributed by atoms with Crippen LogP contribution in [0.3, 0.4) is 0 Å². The molecular formula is C16H17BrO3S. The van der Waals surface area contributed by atoms with Gasteiger partial charge in [0.1, 0.15) is 10.6 Å². The monoisotopic (exact) mass is 368 g/mol. The van der Waals surface area contributed by atoms with E-state index in [0.717, 1.165) is 5.56 Å². The summed E-state index contributed by atoms with van der Waals surface area (Å²) in [7, 11) is -3.84. The van der Waals surface area contributed by atoms with Gasteiger partial charge in [-0.15, -0.1) is 0 Å². The molecule has 0 radical (unpaired) electrons. The van der Waals surface area contributed by atoms with Crippen molar-refractivity contribution in [2.75, 3.05) is 0 Å². The molecule has 2 rings (SSSR count). The molecule has 0 amide bonds. The maximum absolute atomic E-state index is 12.3. The minimum Gasteiger partial charge on any atom is -0.379 e. The molecule has 0 bridgehead atoms. The molecule has 0 heterocycles. The smallest absolute Gasteiger partial charge is 0.340 e. The fourth-order valence-corrected chi connectivity index (χ4v) is 3.72. The number of hydrogen-bond donors (Lipinski definition) is 0. The van der Waals surface area contributed by atoms with E-state index >= 15 is 0 Å². The minimum absolute atomic E-state index is 0.0138. The summed E-state index contributed by atoms with van der Waals surface area (Å²) in [5.74, 6) is 0.304. The van der Waals surface area contributed by atoms with Gasteiger partial charge in [0.25, 0.3) is 0 Å². The van der Waals surface area contributed by atoms with Crippen molar-refractivity contribution in [3.63, 3.8) is 0 Å². The molecule has 2 aromatic rings. The Kier molecular flexibility index (Phi) is 4.44. The molecule has 0 saturated carbocycles. The first-order valence-corrected chi connectivity index (χ1v) is 8.70. The van der Waals surface area contributed by atoms with Crippen molar-refractivity contribution in [3.05, 3.63) is 58.6 Å². The van der Waals surface area contributed by atoms with E-state index in [4.69, 9.17) is 4.18 Å². The second kappa shape index (κ2) is 5.81. The van der Waals surface area contributed by atoms with Crippen molar-refractivity contribution in [3.8, 4) is 5.75 Å². The van der Waals surface area contributed by atoms with Crippen LogP contribution in [-0.4, -0.2) is 8.42 Å². The minimum atomic E-state index is -3.84. The van der Waals surface area contributed by atoms with Crippen LogP contribution >= 0.6 is 15.9 Å². The molecule has 0 saturated heterocycles. The highest BCUT2D eigenvalue weighted by Crippen LogP contribution is 2.27.